The van der Waals surface area contributed by atoms with E-state index >= 15 is 0 Å². The van der Waals surface area contributed by atoms with Gasteiger partial charge in [-0.25, -0.2) is 13.1 Å². The van der Waals surface area contributed by atoms with Crippen molar-refractivity contribution in [3.8, 4) is 0 Å². The maximum absolute atomic E-state index is 11.8. The number of carbonyl (C=O) groups is 1. The van der Waals surface area contributed by atoms with E-state index in [4.69, 9.17) is 5.73 Å². The SMILES string of the molecule is Cl.NCCCNC(=O)CNS(=O)(=O)c1ccc(Br)s1. The lowest BCUT2D eigenvalue weighted by atomic mass is 10.4. The van der Waals surface area contributed by atoms with Crippen LogP contribution in [0.3, 0.4) is 0 Å². The summed E-state index contributed by atoms with van der Waals surface area (Å²) in [7, 11) is -3.61. The zero-order chi connectivity index (χ0) is 13.6. The number of nitrogens with two attached hydrogens (primary N) is 1. The molecule has 4 N–H and O–H groups in total. The van der Waals surface area contributed by atoms with Crippen LogP contribution in [0.2, 0.25) is 0 Å². The molecule has 110 valence electrons. The lowest BCUT2D eigenvalue weighted by molar-refractivity contribution is -0.119. The van der Waals surface area contributed by atoms with Crippen LogP contribution in [0, 0.1) is 0 Å². The number of amides is 1. The Morgan fingerprint density at radius 1 is 1.42 bits per heavy atom. The molecular formula is C9H15BrClN3O3S2. The summed E-state index contributed by atoms with van der Waals surface area (Å²) in [6.45, 7) is 0.652. The van der Waals surface area contributed by atoms with Crippen molar-refractivity contribution in [2.75, 3.05) is 19.6 Å². The lowest BCUT2D eigenvalue weighted by Crippen LogP contribution is -2.37. The van der Waals surface area contributed by atoms with Gasteiger partial charge in [-0.3, -0.25) is 4.79 Å². The van der Waals surface area contributed by atoms with Gasteiger partial charge in [0.05, 0.1) is 10.3 Å². The van der Waals surface area contributed by atoms with E-state index < -0.39 is 10.0 Å². The van der Waals surface area contributed by atoms with Crippen LogP contribution < -0.4 is 15.8 Å². The van der Waals surface area contributed by atoms with Gasteiger partial charge in [-0.1, -0.05) is 0 Å². The fourth-order valence-corrected chi connectivity index (χ4v) is 4.10. The molecule has 6 nitrogen and oxygen atoms in total. The molecule has 0 aliphatic rings. The van der Waals surface area contributed by atoms with Crippen LogP contribution in [-0.4, -0.2) is 34.0 Å². The van der Waals surface area contributed by atoms with Crippen LogP contribution in [0.4, 0.5) is 0 Å². The van der Waals surface area contributed by atoms with E-state index in [0.29, 0.717) is 19.5 Å². The monoisotopic (exact) mass is 391 g/mol. The molecule has 1 aromatic rings. The van der Waals surface area contributed by atoms with Crippen molar-refractivity contribution < 1.29 is 13.2 Å². The largest absolute Gasteiger partial charge is 0.355 e. The second kappa shape index (κ2) is 8.88. The molecule has 0 saturated heterocycles. The molecule has 0 saturated carbocycles. The molecule has 19 heavy (non-hydrogen) atoms. The Hall–Kier alpha value is -0.190. The van der Waals surface area contributed by atoms with Gasteiger partial charge in [-0.05, 0) is 41.0 Å². The zero-order valence-electron chi connectivity index (χ0n) is 9.89. The molecule has 0 aromatic carbocycles. The molecule has 0 spiro atoms. The minimum Gasteiger partial charge on any atom is -0.355 e. The van der Waals surface area contributed by atoms with E-state index in [9.17, 15) is 13.2 Å². The molecule has 1 heterocycles. The number of halogens is 2. The molecule has 1 amide bonds. The van der Waals surface area contributed by atoms with Crippen LogP contribution in [-0.2, 0) is 14.8 Å². The first-order valence-corrected chi connectivity index (χ1v) is 8.27. The molecule has 0 radical (unpaired) electrons. The molecule has 0 aliphatic heterocycles. The van der Waals surface area contributed by atoms with Crippen molar-refractivity contribution >= 4 is 55.6 Å². The summed E-state index contributed by atoms with van der Waals surface area (Å²) >= 11 is 4.27. The maximum Gasteiger partial charge on any atom is 0.250 e. The van der Waals surface area contributed by atoms with E-state index in [0.717, 1.165) is 15.1 Å². The summed E-state index contributed by atoms with van der Waals surface area (Å²) in [4.78, 5) is 11.3. The maximum atomic E-state index is 11.8. The molecule has 0 bridgehead atoms. The lowest BCUT2D eigenvalue weighted by Gasteiger charge is -2.05. The Bertz CT molecular complexity index is 507. The molecule has 0 atom stereocenters. The highest BCUT2D eigenvalue weighted by Gasteiger charge is 2.17. The van der Waals surface area contributed by atoms with Gasteiger partial charge >= 0.3 is 0 Å². The van der Waals surface area contributed by atoms with Crippen molar-refractivity contribution in [1.29, 1.82) is 0 Å². The van der Waals surface area contributed by atoms with Crippen LogP contribution in [0.1, 0.15) is 6.42 Å². The van der Waals surface area contributed by atoms with Gasteiger partial charge in [-0.2, -0.15) is 0 Å². The van der Waals surface area contributed by atoms with Gasteiger partial charge in [0.2, 0.25) is 5.91 Å². The van der Waals surface area contributed by atoms with Crippen molar-refractivity contribution in [2.24, 2.45) is 5.73 Å². The zero-order valence-corrected chi connectivity index (χ0v) is 13.9. The van der Waals surface area contributed by atoms with Crippen LogP contribution in [0.15, 0.2) is 20.1 Å². The summed E-state index contributed by atoms with van der Waals surface area (Å²) in [5.41, 5.74) is 5.27. The topological polar surface area (TPSA) is 101 Å². The molecule has 1 rings (SSSR count). The first-order chi connectivity index (χ1) is 8.45. The third-order valence-electron chi connectivity index (χ3n) is 1.94. The number of hydrogen-bond donors (Lipinski definition) is 3. The summed E-state index contributed by atoms with van der Waals surface area (Å²) in [6, 6.07) is 3.12. The Balaban J connectivity index is 0.00000324. The Morgan fingerprint density at radius 3 is 2.63 bits per heavy atom. The van der Waals surface area contributed by atoms with E-state index in [1.807, 2.05) is 0 Å². The van der Waals surface area contributed by atoms with E-state index in [1.54, 1.807) is 6.07 Å². The van der Waals surface area contributed by atoms with Crippen molar-refractivity contribution in [3.05, 3.63) is 15.9 Å². The van der Waals surface area contributed by atoms with E-state index in [-0.39, 0.29) is 29.1 Å². The van der Waals surface area contributed by atoms with Gasteiger partial charge in [-0.15, -0.1) is 23.7 Å². The number of nitrogens with one attached hydrogen (secondary N) is 2. The number of thiophene rings is 1. The number of carbonyl (C=O) groups excluding carboxylic acids is 1. The van der Waals surface area contributed by atoms with E-state index in [2.05, 4.69) is 26.0 Å². The fourth-order valence-electron chi connectivity index (χ4n) is 1.07. The first kappa shape index (κ1) is 18.8. The quantitative estimate of drug-likeness (QED) is 0.594. The van der Waals surface area contributed by atoms with E-state index in [1.165, 1.54) is 6.07 Å². The number of hydrogen-bond acceptors (Lipinski definition) is 5. The molecule has 0 fully saturated rings. The van der Waals surface area contributed by atoms with Crippen molar-refractivity contribution in [3.63, 3.8) is 0 Å². The number of sulfonamides is 1. The highest BCUT2D eigenvalue weighted by Crippen LogP contribution is 2.25. The Morgan fingerprint density at radius 2 is 2.11 bits per heavy atom. The summed E-state index contributed by atoms with van der Waals surface area (Å²) in [5, 5.41) is 2.56. The predicted octanol–water partition coefficient (Wildman–Crippen LogP) is 0.676. The van der Waals surface area contributed by atoms with Gasteiger partial charge in [0, 0.05) is 6.54 Å². The van der Waals surface area contributed by atoms with Crippen molar-refractivity contribution in [1.82, 2.24) is 10.0 Å². The van der Waals surface area contributed by atoms with Crippen LogP contribution >= 0.6 is 39.7 Å². The first-order valence-electron chi connectivity index (χ1n) is 5.17. The molecule has 10 heteroatoms. The van der Waals surface area contributed by atoms with Crippen molar-refractivity contribution in [2.45, 2.75) is 10.6 Å². The van der Waals surface area contributed by atoms with Crippen LogP contribution in [0.25, 0.3) is 0 Å². The Kier molecular flexibility index (Phi) is 8.79. The summed E-state index contributed by atoms with van der Waals surface area (Å²) < 4.78 is 26.6. The smallest absolute Gasteiger partial charge is 0.250 e. The molecular weight excluding hydrogens is 378 g/mol. The van der Waals surface area contributed by atoms with Gasteiger partial charge < -0.3 is 11.1 Å². The molecule has 1 aromatic heterocycles. The second-order valence-corrected chi connectivity index (χ2v) is 7.83. The normalized spacial score (nSPS) is 10.8. The molecule has 0 aliphatic carbocycles. The predicted molar refractivity (Wildman–Crippen MR) is 81.1 cm³/mol. The average Bonchev–Trinajstić information content (AvgIpc) is 2.75. The number of rotatable bonds is 7. The highest BCUT2D eigenvalue weighted by molar-refractivity contribution is 9.11. The van der Waals surface area contributed by atoms with Gasteiger partial charge in [0.1, 0.15) is 4.21 Å². The second-order valence-electron chi connectivity index (χ2n) is 3.38. The third-order valence-corrected chi connectivity index (χ3v) is 5.46. The third kappa shape index (κ3) is 6.68. The standard InChI is InChI=1S/C9H14BrN3O3S2.ClH/c10-7-2-3-9(17-7)18(15,16)13-6-8(14)12-5-1-4-11;/h2-3,13H,1,4-6,11H2,(H,12,14);1H. The minimum absolute atomic E-state index is 0. The summed E-state index contributed by atoms with van der Waals surface area (Å²) in [6.07, 6.45) is 0.663. The average molecular weight is 393 g/mol. The minimum atomic E-state index is -3.61. The summed E-state index contributed by atoms with van der Waals surface area (Å²) in [5.74, 6) is -0.373. The van der Waals surface area contributed by atoms with Gasteiger partial charge in [0.15, 0.2) is 0 Å². The highest BCUT2D eigenvalue weighted by atomic mass is 79.9. The van der Waals surface area contributed by atoms with Gasteiger partial charge in [0.25, 0.3) is 10.0 Å². The Labute approximate surface area is 130 Å². The van der Waals surface area contributed by atoms with Crippen LogP contribution in [0.5, 0.6) is 0 Å². The fraction of sp³-hybridized carbons (Fsp3) is 0.444. The molecule has 0 unspecified atom stereocenters.